The largest absolute Gasteiger partial charge is 0.348 e. The van der Waals surface area contributed by atoms with Gasteiger partial charge in [-0.2, -0.15) is 4.72 Å². The van der Waals surface area contributed by atoms with Gasteiger partial charge in [-0.05, 0) is 81.1 Å². The molecule has 0 radical (unpaired) electrons. The molecule has 2 aromatic carbocycles. The lowest BCUT2D eigenvalue weighted by atomic mass is 9.96. The zero-order chi connectivity index (χ0) is 20.4. The Kier molecular flexibility index (Phi) is 6.68. The Morgan fingerprint density at radius 3 is 2.11 bits per heavy atom. The molecule has 27 heavy (non-hydrogen) atoms. The van der Waals surface area contributed by atoms with Crippen LogP contribution in [0.5, 0.6) is 0 Å². The molecule has 0 bridgehead atoms. The quantitative estimate of drug-likeness (QED) is 0.763. The number of benzene rings is 2. The maximum absolute atomic E-state index is 12.5. The lowest BCUT2D eigenvalue weighted by Gasteiger charge is -2.21. The van der Waals surface area contributed by atoms with Gasteiger partial charge in [-0.25, -0.2) is 8.42 Å². The number of halogens is 1. The SMILES string of the molecule is Cc1cc(C)c(C(C)NC(=O)C(C)NS(=O)(=O)c2ccc(Cl)cc2)cc1C. The van der Waals surface area contributed by atoms with E-state index in [0.29, 0.717) is 5.02 Å². The van der Waals surface area contributed by atoms with Crippen LogP contribution in [0.25, 0.3) is 0 Å². The van der Waals surface area contributed by atoms with Gasteiger partial charge in [-0.1, -0.05) is 23.7 Å². The summed E-state index contributed by atoms with van der Waals surface area (Å²) < 4.78 is 27.2. The fourth-order valence-corrected chi connectivity index (χ4v) is 4.16. The van der Waals surface area contributed by atoms with Crippen LogP contribution in [0.15, 0.2) is 41.3 Å². The lowest BCUT2D eigenvalue weighted by Crippen LogP contribution is -2.45. The first-order valence-electron chi connectivity index (χ1n) is 8.67. The van der Waals surface area contributed by atoms with Crippen molar-refractivity contribution in [1.29, 1.82) is 0 Å². The lowest BCUT2D eigenvalue weighted by molar-refractivity contribution is -0.123. The molecule has 0 aromatic heterocycles. The molecular weight excluding hydrogens is 384 g/mol. The van der Waals surface area contributed by atoms with Crippen molar-refractivity contribution in [3.63, 3.8) is 0 Å². The molecule has 0 aliphatic heterocycles. The average molecular weight is 409 g/mol. The molecule has 7 heteroatoms. The Morgan fingerprint density at radius 1 is 0.963 bits per heavy atom. The summed E-state index contributed by atoms with van der Waals surface area (Å²) in [6.07, 6.45) is 0. The molecule has 2 atom stereocenters. The van der Waals surface area contributed by atoms with Gasteiger partial charge in [0.2, 0.25) is 15.9 Å². The molecule has 146 valence electrons. The first-order chi connectivity index (χ1) is 12.5. The zero-order valence-electron chi connectivity index (χ0n) is 16.1. The van der Waals surface area contributed by atoms with Crippen LogP contribution in [0, 0.1) is 20.8 Å². The van der Waals surface area contributed by atoms with Gasteiger partial charge in [-0.3, -0.25) is 4.79 Å². The highest BCUT2D eigenvalue weighted by Crippen LogP contribution is 2.22. The molecule has 2 rings (SSSR count). The van der Waals surface area contributed by atoms with Crippen LogP contribution in [-0.4, -0.2) is 20.4 Å². The van der Waals surface area contributed by atoms with E-state index in [4.69, 9.17) is 11.6 Å². The van der Waals surface area contributed by atoms with E-state index in [2.05, 4.69) is 22.2 Å². The van der Waals surface area contributed by atoms with Gasteiger partial charge in [0.25, 0.3) is 0 Å². The van der Waals surface area contributed by atoms with E-state index in [-0.39, 0.29) is 10.9 Å². The summed E-state index contributed by atoms with van der Waals surface area (Å²) in [5.41, 5.74) is 4.44. The second-order valence-electron chi connectivity index (χ2n) is 6.82. The third kappa shape index (κ3) is 5.31. The Hall–Kier alpha value is -1.89. The van der Waals surface area contributed by atoms with Crippen molar-refractivity contribution in [2.45, 2.75) is 51.6 Å². The van der Waals surface area contributed by atoms with Crippen molar-refractivity contribution in [2.75, 3.05) is 0 Å². The van der Waals surface area contributed by atoms with Crippen LogP contribution < -0.4 is 10.0 Å². The molecule has 0 spiro atoms. The van der Waals surface area contributed by atoms with Crippen molar-refractivity contribution < 1.29 is 13.2 Å². The van der Waals surface area contributed by atoms with Gasteiger partial charge in [0, 0.05) is 5.02 Å². The van der Waals surface area contributed by atoms with Gasteiger partial charge in [0.1, 0.15) is 0 Å². The number of carbonyl (C=O) groups is 1. The summed E-state index contributed by atoms with van der Waals surface area (Å²) in [6.45, 7) is 9.47. The van der Waals surface area contributed by atoms with E-state index in [1.165, 1.54) is 36.8 Å². The van der Waals surface area contributed by atoms with Gasteiger partial charge < -0.3 is 5.32 Å². The smallest absolute Gasteiger partial charge is 0.241 e. The van der Waals surface area contributed by atoms with Crippen LogP contribution in [-0.2, 0) is 14.8 Å². The molecule has 2 N–H and O–H groups in total. The number of carbonyl (C=O) groups excluding carboxylic acids is 1. The third-order valence-electron chi connectivity index (χ3n) is 4.56. The summed E-state index contributed by atoms with van der Waals surface area (Å²) in [5, 5.41) is 3.32. The summed E-state index contributed by atoms with van der Waals surface area (Å²) in [4.78, 5) is 12.6. The molecule has 5 nitrogen and oxygen atoms in total. The first kappa shape index (κ1) is 21.4. The van der Waals surface area contributed by atoms with Crippen molar-refractivity contribution in [2.24, 2.45) is 0 Å². The highest BCUT2D eigenvalue weighted by atomic mass is 35.5. The number of rotatable bonds is 6. The molecule has 0 saturated carbocycles. The molecule has 2 unspecified atom stereocenters. The predicted molar refractivity (Wildman–Crippen MR) is 108 cm³/mol. The highest BCUT2D eigenvalue weighted by molar-refractivity contribution is 7.89. The maximum Gasteiger partial charge on any atom is 0.241 e. The maximum atomic E-state index is 12.5. The van der Waals surface area contributed by atoms with Crippen LogP contribution in [0.2, 0.25) is 5.02 Å². The van der Waals surface area contributed by atoms with Crippen molar-refractivity contribution >= 4 is 27.5 Å². The summed E-state index contributed by atoms with van der Waals surface area (Å²) in [7, 11) is -3.81. The van der Waals surface area contributed by atoms with E-state index in [1.807, 2.05) is 27.7 Å². The van der Waals surface area contributed by atoms with Gasteiger partial charge in [0.05, 0.1) is 17.0 Å². The Labute approximate surface area is 166 Å². The predicted octanol–water partition coefficient (Wildman–Crippen LogP) is 3.81. The van der Waals surface area contributed by atoms with Gasteiger partial charge in [-0.15, -0.1) is 0 Å². The molecule has 0 saturated heterocycles. The Bertz CT molecular complexity index is 940. The zero-order valence-corrected chi connectivity index (χ0v) is 17.7. The topological polar surface area (TPSA) is 75.3 Å². The fraction of sp³-hybridized carbons (Fsp3) is 0.350. The highest BCUT2D eigenvalue weighted by Gasteiger charge is 2.23. The van der Waals surface area contributed by atoms with E-state index >= 15 is 0 Å². The van der Waals surface area contributed by atoms with Crippen LogP contribution in [0.3, 0.4) is 0 Å². The minimum atomic E-state index is -3.81. The standard InChI is InChI=1S/C20H25ClN2O3S/c1-12-10-14(3)19(11-13(12)2)15(4)22-20(24)16(5)23-27(25,26)18-8-6-17(21)7-9-18/h6-11,15-16,23H,1-5H3,(H,22,24). The minimum absolute atomic E-state index is 0.0598. The molecule has 0 heterocycles. The minimum Gasteiger partial charge on any atom is -0.348 e. The van der Waals surface area contributed by atoms with E-state index in [0.717, 1.165) is 16.7 Å². The van der Waals surface area contributed by atoms with E-state index in [9.17, 15) is 13.2 Å². The summed E-state index contributed by atoms with van der Waals surface area (Å²) >= 11 is 5.79. The van der Waals surface area contributed by atoms with Crippen LogP contribution in [0.4, 0.5) is 0 Å². The second kappa shape index (κ2) is 8.42. The summed E-state index contributed by atoms with van der Waals surface area (Å²) in [6, 6.07) is 8.76. The summed E-state index contributed by atoms with van der Waals surface area (Å²) in [5.74, 6) is -0.391. The monoisotopic (exact) mass is 408 g/mol. The second-order valence-corrected chi connectivity index (χ2v) is 8.97. The van der Waals surface area contributed by atoms with Crippen LogP contribution >= 0.6 is 11.6 Å². The Balaban J connectivity index is 2.09. The first-order valence-corrected chi connectivity index (χ1v) is 10.5. The number of nitrogens with one attached hydrogen (secondary N) is 2. The van der Waals surface area contributed by atoms with Crippen LogP contribution in [0.1, 0.15) is 42.1 Å². The normalized spacial score (nSPS) is 13.9. The number of sulfonamides is 1. The number of amides is 1. The molecular formula is C20H25ClN2O3S. The Morgan fingerprint density at radius 2 is 1.52 bits per heavy atom. The molecule has 0 aliphatic rings. The van der Waals surface area contributed by atoms with Crippen molar-refractivity contribution in [3.8, 4) is 0 Å². The third-order valence-corrected chi connectivity index (χ3v) is 6.37. The fourth-order valence-electron chi connectivity index (χ4n) is 2.83. The molecule has 1 amide bonds. The van der Waals surface area contributed by atoms with Crippen molar-refractivity contribution in [3.05, 3.63) is 63.7 Å². The molecule has 2 aromatic rings. The van der Waals surface area contributed by atoms with Crippen molar-refractivity contribution in [1.82, 2.24) is 10.0 Å². The van der Waals surface area contributed by atoms with Gasteiger partial charge >= 0.3 is 0 Å². The molecule has 0 fully saturated rings. The average Bonchev–Trinajstić information content (AvgIpc) is 2.57. The number of aryl methyl sites for hydroxylation is 3. The van der Waals surface area contributed by atoms with Gasteiger partial charge in [0.15, 0.2) is 0 Å². The van der Waals surface area contributed by atoms with E-state index in [1.54, 1.807) is 0 Å². The van der Waals surface area contributed by atoms with E-state index < -0.39 is 22.0 Å². The number of hydrogen-bond acceptors (Lipinski definition) is 3. The number of hydrogen-bond donors (Lipinski definition) is 2. The molecule has 0 aliphatic carbocycles.